The van der Waals surface area contributed by atoms with Gasteiger partial charge in [-0.05, 0) is 86.1 Å². The van der Waals surface area contributed by atoms with Gasteiger partial charge in [0.2, 0.25) is 0 Å². The highest BCUT2D eigenvalue weighted by molar-refractivity contribution is 5.85. The number of ether oxygens (including phenoxy) is 4. The lowest BCUT2D eigenvalue weighted by Crippen LogP contribution is -2.06. The molecular formula is C38H46N2O4. The molecule has 3 aromatic carbocycles. The van der Waals surface area contributed by atoms with Crippen LogP contribution >= 0.6 is 0 Å². The maximum absolute atomic E-state index is 6.23. The normalized spacial score (nSPS) is 11.7. The number of fused-ring (bicyclic) bond motifs is 1. The average molecular weight is 595 g/mol. The molecule has 0 amide bonds. The van der Waals surface area contributed by atoms with Crippen molar-refractivity contribution in [2.24, 2.45) is 11.8 Å². The second kappa shape index (κ2) is 16.5. The van der Waals surface area contributed by atoms with E-state index in [0.29, 0.717) is 49.8 Å². The minimum Gasteiger partial charge on any atom is -0.494 e. The Morgan fingerprint density at radius 2 is 0.932 bits per heavy atom. The summed E-state index contributed by atoms with van der Waals surface area (Å²) in [6, 6.07) is 20.0. The molecule has 0 saturated carbocycles. The highest BCUT2D eigenvalue weighted by Crippen LogP contribution is 2.33. The third kappa shape index (κ3) is 9.87. The number of nitrogens with zero attached hydrogens (tertiary/aromatic N) is 2. The van der Waals surface area contributed by atoms with E-state index in [-0.39, 0.29) is 0 Å². The molecular weight excluding hydrogens is 548 g/mol. The van der Waals surface area contributed by atoms with Crippen LogP contribution in [-0.2, 0) is 0 Å². The van der Waals surface area contributed by atoms with Crippen LogP contribution in [0.5, 0.6) is 23.0 Å². The number of hydrogen-bond donors (Lipinski definition) is 0. The van der Waals surface area contributed by atoms with Gasteiger partial charge in [-0.1, -0.05) is 64.1 Å². The molecule has 0 saturated heterocycles. The van der Waals surface area contributed by atoms with E-state index in [1.165, 1.54) is 0 Å². The molecule has 0 aliphatic rings. The van der Waals surface area contributed by atoms with Crippen molar-refractivity contribution >= 4 is 35.3 Å². The Labute approximate surface area is 262 Å². The number of benzene rings is 3. The highest BCUT2D eigenvalue weighted by Gasteiger charge is 2.13. The van der Waals surface area contributed by atoms with Gasteiger partial charge in [0.25, 0.3) is 0 Å². The standard InChI is InChI=1S/C38H46N2O4/c1-7-41-31-15-9-29(10-16-31)13-19-33-34(20-14-30-11-17-32(18-12-30)42-8-2)40-36-26-38(44-24-22-28(5)6)37(25-35(36)39-33)43-23-21-27(3)4/h9-20,25-28H,7-8,21-24H2,1-6H3/b19-13+,20-14+. The largest absolute Gasteiger partial charge is 0.494 e. The molecule has 4 aromatic rings. The van der Waals surface area contributed by atoms with Crippen LogP contribution in [0.25, 0.3) is 35.3 Å². The van der Waals surface area contributed by atoms with E-state index in [9.17, 15) is 0 Å². The number of aromatic nitrogens is 2. The molecule has 6 nitrogen and oxygen atoms in total. The van der Waals surface area contributed by atoms with Crippen LogP contribution in [0, 0.1) is 11.8 Å². The van der Waals surface area contributed by atoms with Crippen molar-refractivity contribution in [2.75, 3.05) is 26.4 Å². The fraction of sp³-hybridized carbons (Fsp3) is 0.368. The first-order valence-electron chi connectivity index (χ1n) is 15.8. The van der Waals surface area contributed by atoms with Gasteiger partial charge >= 0.3 is 0 Å². The van der Waals surface area contributed by atoms with Crippen molar-refractivity contribution < 1.29 is 18.9 Å². The summed E-state index contributed by atoms with van der Waals surface area (Å²) in [4.78, 5) is 10.1. The van der Waals surface area contributed by atoms with Gasteiger partial charge in [0.15, 0.2) is 11.5 Å². The predicted octanol–water partition coefficient (Wildman–Crippen LogP) is 9.62. The Morgan fingerprint density at radius 3 is 1.27 bits per heavy atom. The molecule has 0 spiro atoms. The van der Waals surface area contributed by atoms with E-state index in [2.05, 4.69) is 27.7 Å². The summed E-state index contributed by atoms with van der Waals surface area (Å²) in [6.45, 7) is 15.3. The van der Waals surface area contributed by atoms with Crippen molar-refractivity contribution in [2.45, 2.75) is 54.4 Å². The molecule has 44 heavy (non-hydrogen) atoms. The Morgan fingerprint density at radius 1 is 0.545 bits per heavy atom. The minimum absolute atomic E-state index is 0.546. The van der Waals surface area contributed by atoms with Gasteiger partial charge in [-0.25, -0.2) is 9.97 Å². The van der Waals surface area contributed by atoms with Gasteiger partial charge in [0.1, 0.15) is 11.5 Å². The summed E-state index contributed by atoms with van der Waals surface area (Å²) < 4.78 is 23.7. The molecule has 4 rings (SSSR count). The van der Waals surface area contributed by atoms with Crippen LogP contribution in [-0.4, -0.2) is 36.4 Å². The minimum atomic E-state index is 0.546. The van der Waals surface area contributed by atoms with Crippen LogP contribution in [0.15, 0.2) is 60.7 Å². The van der Waals surface area contributed by atoms with E-state index in [1.807, 2.05) is 98.8 Å². The van der Waals surface area contributed by atoms with Gasteiger partial charge in [-0.3, -0.25) is 0 Å². The van der Waals surface area contributed by atoms with Crippen molar-refractivity contribution in [1.82, 2.24) is 9.97 Å². The highest BCUT2D eigenvalue weighted by atomic mass is 16.5. The predicted molar refractivity (Wildman–Crippen MR) is 183 cm³/mol. The van der Waals surface area contributed by atoms with Crippen molar-refractivity contribution in [1.29, 1.82) is 0 Å². The molecule has 0 unspecified atom stereocenters. The molecule has 232 valence electrons. The average Bonchev–Trinajstić information content (AvgIpc) is 3.00. The quantitative estimate of drug-likeness (QED) is 0.129. The second-order valence-electron chi connectivity index (χ2n) is 11.5. The van der Waals surface area contributed by atoms with E-state index in [4.69, 9.17) is 28.9 Å². The van der Waals surface area contributed by atoms with E-state index in [0.717, 1.165) is 57.9 Å². The zero-order valence-corrected chi connectivity index (χ0v) is 27.0. The van der Waals surface area contributed by atoms with Crippen molar-refractivity contribution in [3.63, 3.8) is 0 Å². The fourth-order valence-corrected chi connectivity index (χ4v) is 4.41. The van der Waals surface area contributed by atoms with Crippen LogP contribution in [0.3, 0.4) is 0 Å². The van der Waals surface area contributed by atoms with Crippen molar-refractivity contribution in [3.05, 3.63) is 83.2 Å². The Bertz CT molecular complexity index is 1410. The van der Waals surface area contributed by atoms with Gasteiger partial charge in [0.05, 0.1) is 48.8 Å². The van der Waals surface area contributed by atoms with Gasteiger partial charge in [0, 0.05) is 12.1 Å². The molecule has 0 radical (unpaired) electrons. The number of hydrogen-bond acceptors (Lipinski definition) is 6. The Hall–Kier alpha value is -4.32. The van der Waals surface area contributed by atoms with Gasteiger partial charge in [-0.15, -0.1) is 0 Å². The van der Waals surface area contributed by atoms with Crippen LogP contribution in [0.4, 0.5) is 0 Å². The molecule has 6 heteroatoms. The Kier molecular flexibility index (Phi) is 12.2. The molecule has 0 atom stereocenters. The lowest BCUT2D eigenvalue weighted by Gasteiger charge is -2.15. The Balaban J connectivity index is 1.73. The smallest absolute Gasteiger partial charge is 0.163 e. The van der Waals surface area contributed by atoms with Gasteiger partial charge in [-0.2, -0.15) is 0 Å². The maximum Gasteiger partial charge on any atom is 0.163 e. The molecule has 1 heterocycles. The zero-order chi connectivity index (χ0) is 31.3. The molecule has 1 aromatic heterocycles. The maximum atomic E-state index is 6.23. The van der Waals surface area contributed by atoms with Crippen LogP contribution in [0.2, 0.25) is 0 Å². The number of rotatable bonds is 16. The zero-order valence-electron chi connectivity index (χ0n) is 27.0. The first kappa shape index (κ1) is 32.6. The summed E-state index contributed by atoms with van der Waals surface area (Å²) in [5.41, 5.74) is 5.12. The first-order valence-corrected chi connectivity index (χ1v) is 15.8. The summed E-state index contributed by atoms with van der Waals surface area (Å²) in [7, 11) is 0. The monoisotopic (exact) mass is 594 g/mol. The summed E-state index contributed by atoms with van der Waals surface area (Å²) in [5, 5.41) is 0. The van der Waals surface area contributed by atoms with E-state index >= 15 is 0 Å². The van der Waals surface area contributed by atoms with Crippen molar-refractivity contribution in [3.8, 4) is 23.0 Å². The summed E-state index contributed by atoms with van der Waals surface area (Å²) in [5.74, 6) is 4.20. The van der Waals surface area contributed by atoms with Crippen LogP contribution in [0.1, 0.15) is 76.9 Å². The lowest BCUT2D eigenvalue weighted by atomic mass is 10.1. The topological polar surface area (TPSA) is 62.7 Å². The fourth-order valence-electron chi connectivity index (χ4n) is 4.41. The third-order valence-electron chi connectivity index (χ3n) is 6.94. The summed E-state index contributed by atoms with van der Waals surface area (Å²) >= 11 is 0. The van der Waals surface area contributed by atoms with E-state index in [1.54, 1.807) is 0 Å². The van der Waals surface area contributed by atoms with Gasteiger partial charge < -0.3 is 18.9 Å². The third-order valence-corrected chi connectivity index (χ3v) is 6.94. The molecule has 0 aliphatic heterocycles. The van der Waals surface area contributed by atoms with E-state index < -0.39 is 0 Å². The second-order valence-corrected chi connectivity index (χ2v) is 11.5. The first-order chi connectivity index (χ1) is 21.3. The van der Waals surface area contributed by atoms with Crippen LogP contribution < -0.4 is 18.9 Å². The molecule has 0 N–H and O–H groups in total. The SMILES string of the molecule is CCOc1ccc(/C=C/c2nc3cc(OCCC(C)C)c(OCCC(C)C)cc3nc2/C=C/c2ccc(OCC)cc2)cc1. The molecule has 0 aliphatic carbocycles. The summed E-state index contributed by atoms with van der Waals surface area (Å²) in [6.07, 6.45) is 10.0. The lowest BCUT2D eigenvalue weighted by molar-refractivity contribution is 0.247. The molecule has 0 fully saturated rings. The molecule has 0 bridgehead atoms.